The van der Waals surface area contributed by atoms with Crippen LogP contribution < -0.4 is 10.3 Å². The van der Waals surface area contributed by atoms with E-state index in [0.717, 1.165) is 28.1 Å². The number of nitrogens with zero attached hydrogens (tertiary/aromatic N) is 4. The standard InChI is InChI=1S/C30H19Cl3N4O2/c1-15-11-26-34-30-27(16(2)35-37(30)18-8-9-22(32)23(33)13-18)28(36(26)24-6-4-3-5-19(15)24)21-14-39-25-10-7-17(31)12-20(25)29(21)38/h3-14,28H,1-2H3. The van der Waals surface area contributed by atoms with Crippen LogP contribution in [0.2, 0.25) is 15.1 Å². The van der Waals surface area contributed by atoms with Gasteiger partial charge in [0.1, 0.15) is 17.7 Å². The van der Waals surface area contributed by atoms with Crippen LogP contribution in [0.1, 0.15) is 35.3 Å². The summed E-state index contributed by atoms with van der Waals surface area (Å²) < 4.78 is 7.74. The highest BCUT2D eigenvalue weighted by Crippen LogP contribution is 2.47. The van der Waals surface area contributed by atoms with Gasteiger partial charge in [0, 0.05) is 16.1 Å². The van der Waals surface area contributed by atoms with Gasteiger partial charge in [-0.15, -0.1) is 0 Å². The fourth-order valence-corrected chi connectivity index (χ4v) is 5.89. The van der Waals surface area contributed by atoms with Crippen LogP contribution in [0.25, 0.3) is 22.2 Å². The van der Waals surface area contributed by atoms with E-state index in [1.165, 1.54) is 0 Å². The van der Waals surface area contributed by atoms with Gasteiger partial charge in [-0.25, -0.2) is 9.67 Å². The van der Waals surface area contributed by atoms with Crippen LogP contribution in [0.5, 0.6) is 0 Å². The normalized spacial score (nSPS) is 15.9. The summed E-state index contributed by atoms with van der Waals surface area (Å²) in [6.07, 6.45) is 3.57. The molecule has 5 aromatic rings. The summed E-state index contributed by atoms with van der Waals surface area (Å²) in [6.45, 7) is 3.97. The van der Waals surface area contributed by atoms with Crippen LogP contribution in [0.4, 0.5) is 11.5 Å². The Morgan fingerprint density at radius 1 is 0.949 bits per heavy atom. The van der Waals surface area contributed by atoms with Gasteiger partial charge in [0.15, 0.2) is 11.2 Å². The van der Waals surface area contributed by atoms with E-state index in [1.807, 2.05) is 37.3 Å². The van der Waals surface area contributed by atoms with Crippen molar-refractivity contribution in [3.63, 3.8) is 0 Å². The predicted octanol–water partition coefficient (Wildman–Crippen LogP) is 8.30. The molecule has 0 saturated heterocycles. The van der Waals surface area contributed by atoms with E-state index >= 15 is 0 Å². The number of para-hydroxylation sites is 1. The molecule has 39 heavy (non-hydrogen) atoms. The van der Waals surface area contributed by atoms with E-state index in [9.17, 15) is 4.79 Å². The number of allylic oxidation sites excluding steroid dienone is 1. The Kier molecular flexibility index (Phi) is 5.49. The third-order valence-electron chi connectivity index (χ3n) is 7.22. The molecule has 6 nitrogen and oxygen atoms in total. The quantitative estimate of drug-likeness (QED) is 0.213. The topological polar surface area (TPSA) is 63.6 Å². The van der Waals surface area contributed by atoms with Crippen molar-refractivity contribution >= 4 is 68.7 Å². The highest BCUT2D eigenvalue weighted by atomic mass is 35.5. The molecule has 9 heteroatoms. The number of aliphatic imine (C=N–C) groups is 1. The molecule has 0 bridgehead atoms. The number of aryl methyl sites for hydroxylation is 1. The zero-order chi connectivity index (χ0) is 27.0. The van der Waals surface area contributed by atoms with Crippen molar-refractivity contribution in [3.05, 3.63) is 121 Å². The molecule has 7 rings (SSSR count). The lowest BCUT2D eigenvalue weighted by atomic mass is 9.90. The molecule has 1 atom stereocenters. The summed E-state index contributed by atoms with van der Waals surface area (Å²) in [5.41, 5.74) is 6.05. The number of hydrogen-bond acceptors (Lipinski definition) is 5. The summed E-state index contributed by atoms with van der Waals surface area (Å²) in [6, 6.07) is 17.9. The van der Waals surface area contributed by atoms with Gasteiger partial charge in [-0.3, -0.25) is 4.79 Å². The van der Waals surface area contributed by atoms with Crippen LogP contribution in [0.3, 0.4) is 0 Å². The lowest BCUT2D eigenvalue weighted by Crippen LogP contribution is -2.41. The Morgan fingerprint density at radius 2 is 1.77 bits per heavy atom. The molecule has 1 unspecified atom stereocenters. The highest BCUT2D eigenvalue weighted by molar-refractivity contribution is 6.42. The van der Waals surface area contributed by atoms with Crippen molar-refractivity contribution < 1.29 is 4.42 Å². The second-order valence-electron chi connectivity index (χ2n) is 9.58. The smallest absolute Gasteiger partial charge is 0.198 e. The summed E-state index contributed by atoms with van der Waals surface area (Å²) in [5.74, 6) is 1.30. The lowest BCUT2D eigenvalue weighted by Gasteiger charge is -2.39. The summed E-state index contributed by atoms with van der Waals surface area (Å²) >= 11 is 18.8. The largest absolute Gasteiger partial charge is 0.464 e. The number of aromatic nitrogens is 2. The molecule has 0 amide bonds. The molecule has 2 aliphatic heterocycles. The first-order chi connectivity index (χ1) is 18.8. The van der Waals surface area contributed by atoms with Crippen LogP contribution in [-0.2, 0) is 0 Å². The zero-order valence-electron chi connectivity index (χ0n) is 20.7. The van der Waals surface area contributed by atoms with E-state index in [4.69, 9.17) is 49.3 Å². The van der Waals surface area contributed by atoms with Gasteiger partial charge < -0.3 is 9.32 Å². The van der Waals surface area contributed by atoms with E-state index in [1.54, 1.807) is 41.3 Å². The van der Waals surface area contributed by atoms with Crippen LogP contribution in [0, 0.1) is 6.92 Å². The maximum absolute atomic E-state index is 14.1. The Labute approximate surface area is 238 Å². The van der Waals surface area contributed by atoms with E-state index in [2.05, 4.69) is 17.9 Å². The van der Waals surface area contributed by atoms with Crippen molar-refractivity contribution in [2.45, 2.75) is 19.9 Å². The van der Waals surface area contributed by atoms with Crippen molar-refractivity contribution in [2.24, 2.45) is 4.99 Å². The summed E-state index contributed by atoms with van der Waals surface area (Å²) in [7, 11) is 0. The number of hydrogen-bond donors (Lipinski definition) is 0. The molecule has 0 aliphatic carbocycles. The molecule has 0 N–H and O–H groups in total. The number of halogens is 3. The SMILES string of the molecule is CC1=CC2=Nc3c(c(C)nn3-c3ccc(Cl)c(Cl)c3)C(c3coc4ccc(Cl)cc4c3=O)N2c2ccccc21. The number of rotatable bonds is 2. The van der Waals surface area contributed by atoms with Crippen LogP contribution in [-0.4, -0.2) is 15.6 Å². The van der Waals surface area contributed by atoms with E-state index in [0.29, 0.717) is 48.9 Å². The first-order valence-corrected chi connectivity index (χ1v) is 13.4. The molecular weight excluding hydrogens is 555 g/mol. The Bertz CT molecular complexity index is 1970. The van der Waals surface area contributed by atoms with Crippen molar-refractivity contribution in [1.82, 2.24) is 9.78 Å². The molecule has 2 aromatic heterocycles. The molecular formula is C30H19Cl3N4O2. The number of benzene rings is 3. The van der Waals surface area contributed by atoms with Crippen molar-refractivity contribution in [1.29, 1.82) is 0 Å². The maximum atomic E-state index is 14.1. The lowest BCUT2D eigenvalue weighted by molar-refractivity contribution is 0.585. The minimum Gasteiger partial charge on any atom is -0.464 e. The van der Waals surface area contributed by atoms with Crippen LogP contribution >= 0.6 is 34.8 Å². The third-order valence-corrected chi connectivity index (χ3v) is 8.19. The fourth-order valence-electron chi connectivity index (χ4n) is 5.43. The third kappa shape index (κ3) is 3.67. The highest BCUT2D eigenvalue weighted by Gasteiger charge is 2.40. The molecule has 4 heterocycles. The molecule has 192 valence electrons. The van der Waals surface area contributed by atoms with Gasteiger partial charge in [0.2, 0.25) is 0 Å². The van der Waals surface area contributed by atoms with Gasteiger partial charge in [-0.2, -0.15) is 5.10 Å². The number of amidine groups is 1. The van der Waals surface area contributed by atoms with Gasteiger partial charge in [-0.1, -0.05) is 53.0 Å². The van der Waals surface area contributed by atoms with Gasteiger partial charge in [0.05, 0.1) is 44.1 Å². The monoisotopic (exact) mass is 572 g/mol. The van der Waals surface area contributed by atoms with Gasteiger partial charge >= 0.3 is 0 Å². The fraction of sp³-hybridized carbons (Fsp3) is 0.100. The Balaban J connectivity index is 1.55. The molecule has 3 aromatic carbocycles. The molecule has 0 spiro atoms. The average molecular weight is 574 g/mol. The van der Waals surface area contributed by atoms with Gasteiger partial charge in [0.25, 0.3) is 0 Å². The summed E-state index contributed by atoms with van der Waals surface area (Å²) in [4.78, 5) is 21.2. The Morgan fingerprint density at radius 3 is 2.59 bits per heavy atom. The van der Waals surface area contributed by atoms with Gasteiger partial charge in [-0.05, 0) is 68.0 Å². The maximum Gasteiger partial charge on any atom is 0.198 e. The van der Waals surface area contributed by atoms with E-state index < -0.39 is 6.04 Å². The molecule has 0 saturated carbocycles. The second kappa shape index (κ2) is 8.85. The first kappa shape index (κ1) is 24.2. The molecule has 0 radical (unpaired) electrons. The average Bonchev–Trinajstić information content (AvgIpc) is 3.26. The summed E-state index contributed by atoms with van der Waals surface area (Å²) in [5, 5.41) is 6.59. The number of fused-ring (bicyclic) bond motifs is 5. The zero-order valence-corrected chi connectivity index (χ0v) is 23.0. The second-order valence-corrected chi connectivity index (χ2v) is 10.8. The Hall–Kier alpha value is -3.84. The van der Waals surface area contributed by atoms with Crippen molar-refractivity contribution in [2.75, 3.05) is 4.90 Å². The number of anilines is 1. The van der Waals surface area contributed by atoms with Crippen molar-refractivity contribution in [3.8, 4) is 5.69 Å². The minimum atomic E-state index is -0.561. The molecule has 2 aliphatic rings. The minimum absolute atomic E-state index is 0.165. The molecule has 0 fully saturated rings. The van der Waals surface area contributed by atoms with E-state index in [-0.39, 0.29) is 5.43 Å². The predicted molar refractivity (Wildman–Crippen MR) is 157 cm³/mol. The van der Waals surface area contributed by atoms with Crippen LogP contribution in [0.15, 0.2) is 87.2 Å². The first-order valence-electron chi connectivity index (χ1n) is 12.2.